The molecule has 3 nitrogen and oxygen atoms in total. The molecule has 0 aromatic heterocycles. The van der Waals surface area contributed by atoms with E-state index in [1.165, 1.54) is 43.6 Å². The maximum Gasteiger partial charge on any atom is 0.0474 e. The number of rotatable bonds is 3. The van der Waals surface area contributed by atoms with E-state index >= 15 is 0 Å². The van der Waals surface area contributed by atoms with Gasteiger partial charge in [-0.05, 0) is 51.1 Å². The van der Waals surface area contributed by atoms with Crippen LogP contribution in [0.25, 0.3) is 0 Å². The number of nitrogens with one attached hydrogen (secondary N) is 1. The molecule has 2 heterocycles. The average molecular weight is 308 g/mol. The monoisotopic (exact) mass is 307 g/mol. The number of anilines is 1. The number of hydrogen-bond donors (Lipinski definition) is 1. The van der Waals surface area contributed by atoms with Crippen LogP contribution in [0.1, 0.15) is 37.8 Å². The Kier molecular flexibility index (Phi) is 4.72. The van der Waals surface area contributed by atoms with Crippen molar-refractivity contribution in [1.82, 2.24) is 10.2 Å². The van der Waals surface area contributed by atoms with E-state index in [0.29, 0.717) is 6.04 Å². The molecule has 116 valence electrons. The minimum Gasteiger partial charge on any atom is -0.369 e. The number of benzene rings is 1. The lowest BCUT2D eigenvalue weighted by molar-refractivity contribution is 0.133. The van der Waals surface area contributed by atoms with Gasteiger partial charge in [-0.1, -0.05) is 24.1 Å². The maximum atomic E-state index is 6.48. The van der Waals surface area contributed by atoms with E-state index in [4.69, 9.17) is 11.6 Å². The zero-order chi connectivity index (χ0) is 14.8. The molecule has 21 heavy (non-hydrogen) atoms. The van der Waals surface area contributed by atoms with E-state index in [2.05, 4.69) is 40.2 Å². The molecule has 2 atom stereocenters. The van der Waals surface area contributed by atoms with Crippen molar-refractivity contribution < 1.29 is 0 Å². The molecule has 2 fully saturated rings. The number of nitrogens with zero attached hydrogens (tertiary/aromatic N) is 2. The van der Waals surface area contributed by atoms with E-state index in [0.717, 1.165) is 24.2 Å². The molecule has 3 rings (SSSR count). The first-order valence-electron chi connectivity index (χ1n) is 8.14. The Balaban J connectivity index is 1.73. The molecule has 0 radical (unpaired) electrons. The summed E-state index contributed by atoms with van der Waals surface area (Å²) >= 11 is 6.48. The Bertz CT molecular complexity index is 491. The lowest BCUT2D eigenvalue weighted by Gasteiger charge is -2.45. The van der Waals surface area contributed by atoms with Gasteiger partial charge in [0.15, 0.2) is 0 Å². The summed E-state index contributed by atoms with van der Waals surface area (Å²) in [5.41, 5.74) is 2.46. The predicted molar refractivity (Wildman–Crippen MR) is 90.4 cm³/mol. The molecule has 2 saturated heterocycles. The molecule has 2 unspecified atom stereocenters. The molecular weight excluding hydrogens is 282 g/mol. The quantitative estimate of drug-likeness (QED) is 0.924. The van der Waals surface area contributed by atoms with Crippen LogP contribution in [0, 0.1) is 0 Å². The van der Waals surface area contributed by atoms with E-state index in [1.807, 2.05) is 7.05 Å². The molecule has 1 N–H and O–H groups in total. The fourth-order valence-corrected chi connectivity index (χ4v) is 3.95. The number of fused-ring (bicyclic) bond motifs is 1. The number of hydrogen-bond acceptors (Lipinski definition) is 3. The van der Waals surface area contributed by atoms with Gasteiger partial charge in [0.25, 0.3) is 0 Å². The highest BCUT2D eigenvalue weighted by Crippen LogP contribution is 2.30. The van der Waals surface area contributed by atoms with Crippen LogP contribution in [0.3, 0.4) is 0 Å². The standard InChI is InChI=1S/C17H26ClN3/c1-13(19-2)16-7-6-14(11-17(16)18)21-10-9-20-8-4-3-5-15(20)12-21/h6-7,11,13,15,19H,3-5,8-10,12H2,1-2H3. The van der Waals surface area contributed by atoms with Crippen LogP contribution in [-0.4, -0.2) is 44.2 Å². The highest BCUT2D eigenvalue weighted by Gasteiger charge is 2.29. The van der Waals surface area contributed by atoms with Gasteiger partial charge in [0.1, 0.15) is 0 Å². The third-order valence-corrected chi connectivity index (χ3v) is 5.41. The summed E-state index contributed by atoms with van der Waals surface area (Å²) in [7, 11) is 1.97. The van der Waals surface area contributed by atoms with Crippen LogP contribution in [0.2, 0.25) is 5.02 Å². The van der Waals surface area contributed by atoms with E-state index in [9.17, 15) is 0 Å². The molecular formula is C17H26ClN3. The second-order valence-corrected chi connectivity index (χ2v) is 6.75. The normalized spacial score (nSPS) is 24.7. The molecule has 0 spiro atoms. The first-order chi connectivity index (χ1) is 10.2. The van der Waals surface area contributed by atoms with E-state index < -0.39 is 0 Å². The zero-order valence-corrected chi connectivity index (χ0v) is 13.9. The van der Waals surface area contributed by atoms with Gasteiger partial charge in [0.2, 0.25) is 0 Å². The molecule has 1 aromatic carbocycles. The van der Waals surface area contributed by atoms with Crippen LogP contribution in [0.15, 0.2) is 18.2 Å². The maximum absolute atomic E-state index is 6.48. The second-order valence-electron chi connectivity index (χ2n) is 6.35. The Hall–Kier alpha value is -0.770. The molecule has 4 heteroatoms. The number of piperidine rings is 1. The van der Waals surface area contributed by atoms with Crippen LogP contribution in [0.4, 0.5) is 5.69 Å². The van der Waals surface area contributed by atoms with Crippen molar-refractivity contribution in [1.29, 1.82) is 0 Å². The Morgan fingerprint density at radius 3 is 2.86 bits per heavy atom. The molecule has 0 saturated carbocycles. The first-order valence-corrected chi connectivity index (χ1v) is 8.52. The van der Waals surface area contributed by atoms with Gasteiger partial charge in [0.05, 0.1) is 0 Å². The van der Waals surface area contributed by atoms with Crippen LogP contribution >= 0.6 is 11.6 Å². The molecule has 0 amide bonds. The second kappa shape index (κ2) is 6.55. The average Bonchev–Trinajstić information content (AvgIpc) is 2.53. The fourth-order valence-electron chi connectivity index (χ4n) is 3.61. The Labute approximate surface area is 133 Å². The summed E-state index contributed by atoms with van der Waals surface area (Å²) in [5.74, 6) is 0. The van der Waals surface area contributed by atoms with Crippen molar-refractivity contribution in [2.24, 2.45) is 0 Å². The lowest BCUT2D eigenvalue weighted by atomic mass is 9.99. The smallest absolute Gasteiger partial charge is 0.0474 e. The van der Waals surface area contributed by atoms with Crippen molar-refractivity contribution >= 4 is 17.3 Å². The highest BCUT2D eigenvalue weighted by molar-refractivity contribution is 6.31. The van der Waals surface area contributed by atoms with Gasteiger partial charge in [-0.25, -0.2) is 0 Å². The van der Waals surface area contributed by atoms with Crippen molar-refractivity contribution in [3.05, 3.63) is 28.8 Å². The molecule has 0 aliphatic carbocycles. The van der Waals surface area contributed by atoms with Gasteiger partial charge in [0, 0.05) is 42.4 Å². The third kappa shape index (κ3) is 3.20. The molecule has 2 aliphatic heterocycles. The van der Waals surface area contributed by atoms with Crippen molar-refractivity contribution in [3.63, 3.8) is 0 Å². The fraction of sp³-hybridized carbons (Fsp3) is 0.647. The van der Waals surface area contributed by atoms with Crippen LogP contribution in [-0.2, 0) is 0 Å². The first kappa shape index (κ1) is 15.1. The number of halogens is 1. The zero-order valence-electron chi connectivity index (χ0n) is 13.1. The topological polar surface area (TPSA) is 18.5 Å². The Morgan fingerprint density at radius 1 is 1.24 bits per heavy atom. The van der Waals surface area contributed by atoms with Gasteiger partial charge in [-0.2, -0.15) is 0 Å². The summed E-state index contributed by atoms with van der Waals surface area (Å²) < 4.78 is 0. The van der Waals surface area contributed by atoms with Crippen LogP contribution < -0.4 is 10.2 Å². The minimum atomic E-state index is 0.293. The van der Waals surface area contributed by atoms with Crippen molar-refractivity contribution in [2.75, 3.05) is 38.1 Å². The molecule has 1 aromatic rings. The highest BCUT2D eigenvalue weighted by atomic mass is 35.5. The summed E-state index contributed by atoms with van der Waals surface area (Å²) in [6.07, 6.45) is 4.10. The SMILES string of the molecule is CNC(C)c1ccc(N2CCN3CCCCC3C2)cc1Cl. The van der Waals surface area contributed by atoms with E-state index in [-0.39, 0.29) is 0 Å². The van der Waals surface area contributed by atoms with Crippen molar-refractivity contribution in [2.45, 2.75) is 38.3 Å². The predicted octanol–water partition coefficient (Wildman–Crippen LogP) is 3.29. The molecule has 0 bridgehead atoms. The largest absolute Gasteiger partial charge is 0.369 e. The van der Waals surface area contributed by atoms with E-state index in [1.54, 1.807) is 0 Å². The van der Waals surface area contributed by atoms with Gasteiger partial charge in [-0.3, -0.25) is 4.90 Å². The summed E-state index contributed by atoms with van der Waals surface area (Å²) in [6, 6.07) is 7.58. The molecule has 2 aliphatic rings. The Morgan fingerprint density at radius 2 is 2.10 bits per heavy atom. The minimum absolute atomic E-state index is 0.293. The van der Waals surface area contributed by atoms with Crippen LogP contribution in [0.5, 0.6) is 0 Å². The summed E-state index contributed by atoms with van der Waals surface area (Å²) in [4.78, 5) is 5.17. The summed E-state index contributed by atoms with van der Waals surface area (Å²) in [5, 5.41) is 4.13. The van der Waals surface area contributed by atoms with Gasteiger partial charge < -0.3 is 10.2 Å². The lowest BCUT2D eigenvalue weighted by Crippen LogP contribution is -2.54. The summed E-state index contributed by atoms with van der Waals surface area (Å²) in [6.45, 7) is 6.89. The van der Waals surface area contributed by atoms with Gasteiger partial charge in [-0.15, -0.1) is 0 Å². The van der Waals surface area contributed by atoms with Crippen molar-refractivity contribution in [3.8, 4) is 0 Å². The number of piperazine rings is 1. The van der Waals surface area contributed by atoms with Gasteiger partial charge >= 0.3 is 0 Å². The third-order valence-electron chi connectivity index (χ3n) is 5.09.